The van der Waals surface area contributed by atoms with Crippen LogP contribution in [-0.2, 0) is 51.4 Å². The molecule has 0 radical (unpaired) electrons. The van der Waals surface area contributed by atoms with Gasteiger partial charge in [0.1, 0.15) is 0 Å². The number of fused-ring (bicyclic) bond motifs is 3. The van der Waals surface area contributed by atoms with Crippen LogP contribution in [0, 0.1) is 0 Å². The van der Waals surface area contributed by atoms with Gasteiger partial charge in [0.15, 0.2) is 0 Å². The molecule has 0 saturated carbocycles. The van der Waals surface area contributed by atoms with Gasteiger partial charge in [-0.25, -0.2) is 0 Å². The van der Waals surface area contributed by atoms with Crippen molar-refractivity contribution in [3.8, 4) is 44.5 Å². The molecule has 150 heavy (non-hydrogen) atoms. The fourth-order valence-corrected chi connectivity index (χ4v) is 22.0. The molecule has 716 valence electrons. The average Bonchev–Trinajstić information content (AvgIpc) is 0.693. The van der Waals surface area contributed by atoms with Crippen LogP contribution in [0.25, 0.3) is 76.8 Å². The maximum atomic E-state index is 2.43. The maximum absolute atomic E-state index is 2.43. The summed E-state index contributed by atoms with van der Waals surface area (Å²) in [4.78, 5) is 9.73. The molecule has 24 aromatic carbocycles. The predicted molar refractivity (Wildman–Crippen MR) is 633 cm³/mol. The van der Waals surface area contributed by atoms with Crippen molar-refractivity contribution in [1.82, 2.24) is 0 Å². The van der Waals surface area contributed by atoms with Gasteiger partial charge >= 0.3 is 0 Å². The minimum Gasteiger partial charge on any atom is -0.311 e. The summed E-state index contributed by atoms with van der Waals surface area (Å²) in [6, 6.07) is 217. The smallest absolute Gasteiger partial charge is 0.0462 e. The lowest BCUT2D eigenvalue weighted by Gasteiger charge is -2.28. The highest BCUT2D eigenvalue weighted by Crippen LogP contribution is 2.56. The van der Waals surface area contributed by atoms with Crippen LogP contribution in [0.3, 0.4) is 0 Å². The van der Waals surface area contributed by atoms with Crippen molar-refractivity contribution in [2.24, 2.45) is 0 Å². The van der Waals surface area contributed by atoms with Crippen LogP contribution in [0.4, 0.5) is 68.2 Å². The third kappa shape index (κ3) is 20.9. The number of anilines is 12. The molecule has 0 aromatic heterocycles. The van der Waals surface area contributed by atoms with Crippen molar-refractivity contribution >= 4 is 101 Å². The molecular weight excluding hydrogens is 1810 g/mol. The number of rotatable bonds is 32. The van der Waals surface area contributed by atoms with E-state index in [9.17, 15) is 0 Å². The quantitative estimate of drug-likeness (QED) is 0.0390. The lowest BCUT2D eigenvalue weighted by atomic mass is 9.77. The number of hydrogen-bond donors (Lipinski definition) is 0. The highest BCUT2D eigenvalue weighted by atomic mass is 15.2. The van der Waals surface area contributed by atoms with Crippen LogP contribution >= 0.6 is 0 Å². The number of benzene rings is 24. The number of nitrogens with zero attached hydrogens (tertiary/aromatic N) is 4. The second-order valence-corrected chi connectivity index (χ2v) is 39.5. The Kier molecular flexibility index (Phi) is 27.2. The molecule has 24 aromatic rings. The van der Waals surface area contributed by atoms with Crippen molar-refractivity contribution in [2.75, 3.05) is 19.6 Å². The van der Waals surface area contributed by atoms with Crippen LogP contribution in [0.5, 0.6) is 0 Å². The van der Waals surface area contributed by atoms with E-state index in [2.05, 4.69) is 602 Å². The molecule has 0 saturated heterocycles. The summed E-state index contributed by atoms with van der Waals surface area (Å²) in [6.07, 6.45) is 6.68. The molecule has 4 heteroatoms. The standard InChI is InChI=1S/C146H112N4/c1-9-29-105(30-10-1)97-113-49-73-125(74-50-113)147(126-75-51-114(52-76-126)98-106-31-11-2-12-32-106)133-89-65-121(66-90-133)141-137-45-25-26-46-138(137)143(123-69-93-135(94-70-123)149(129-81-57-117(58-82-129)101-109-37-17-5-18-38-109)130-83-59-118(60-84-130)102-110-39-19-6-20-40-110)146-144(124-71-95-136(96-72-124)150(131-85-61-119(62-86-131)103-111-41-21-7-22-42-111)132-87-63-120(64-88-132)104-112-43-23-8-24-44-112)140-48-28-27-47-139(140)142(145(141)146)122-67-91-134(92-68-122)148(127-77-53-115(54-78-127)99-107-33-13-3-14-34-107)128-79-55-116(56-80-128)100-108-35-15-4-16-36-108/h1-96H,97-104H2. The van der Waals surface area contributed by atoms with Crippen LogP contribution in [-0.4, -0.2) is 0 Å². The summed E-state index contributed by atoms with van der Waals surface area (Å²) in [5, 5.41) is 6.83. The molecule has 24 rings (SSSR count). The van der Waals surface area contributed by atoms with Gasteiger partial charge in [-0.15, -0.1) is 0 Å². The van der Waals surface area contributed by atoms with Gasteiger partial charge < -0.3 is 19.6 Å². The molecule has 0 unspecified atom stereocenters. The largest absolute Gasteiger partial charge is 0.311 e. The molecule has 0 N–H and O–H groups in total. The van der Waals surface area contributed by atoms with Gasteiger partial charge in [0, 0.05) is 68.2 Å². The van der Waals surface area contributed by atoms with E-state index in [0.29, 0.717) is 0 Å². The van der Waals surface area contributed by atoms with Gasteiger partial charge in [-0.2, -0.15) is 0 Å². The van der Waals surface area contributed by atoms with E-state index >= 15 is 0 Å². The third-order valence-electron chi connectivity index (χ3n) is 29.4. The molecule has 4 nitrogen and oxygen atoms in total. The Morgan fingerprint density at radius 3 is 0.313 bits per heavy atom. The summed E-state index contributed by atoms with van der Waals surface area (Å²) in [5.74, 6) is 0. The first kappa shape index (κ1) is 93.6. The first-order valence-corrected chi connectivity index (χ1v) is 52.4. The van der Waals surface area contributed by atoms with E-state index in [1.165, 1.54) is 89.0 Å². The Hall–Kier alpha value is -18.7. The highest BCUT2D eigenvalue weighted by molar-refractivity contribution is 6.34. The van der Waals surface area contributed by atoms with Gasteiger partial charge in [-0.3, -0.25) is 0 Å². The minimum atomic E-state index is 0.834. The van der Waals surface area contributed by atoms with Gasteiger partial charge in [0.2, 0.25) is 0 Å². The zero-order chi connectivity index (χ0) is 100. The molecule has 0 aliphatic rings. The molecular formula is C146H112N4. The summed E-state index contributed by atoms with van der Waals surface area (Å²) in [6.45, 7) is 0. The normalized spacial score (nSPS) is 11.3. The van der Waals surface area contributed by atoms with Crippen molar-refractivity contribution in [3.05, 3.63) is 671 Å². The summed E-state index contributed by atoms with van der Waals surface area (Å²) < 4.78 is 0. The Labute approximate surface area is 881 Å². The molecule has 0 amide bonds. The molecule has 0 bridgehead atoms. The molecule has 0 atom stereocenters. The summed E-state index contributed by atoms with van der Waals surface area (Å²) in [7, 11) is 0. The van der Waals surface area contributed by atoms with E-state index in [0.717, 1.165) is 196 Å². The van der Waals surface area contributed by atoms with E-state index in [-0.39, 0.29) is 0 Å². The van der Waals surface area contributed by atoms with E-state index in [4.69, 9.17) is 0 Å². The monoisotopic (exact) mass is 1920 g/mol. The van der Waals surface area contributed by atoms with Crippen LogP contribution in [0.15, 0.2) is 582 Å². The fourth-order valence-electron chi connectivity index (χ4n) is 22.0. The predicted octanol–water partition coefficient (Wildman–Crippen LogP) is 38.4. The first-order chi connectivity index (χ1) is 74.3. The second kappa shape index (κ2) is 43.7. The SMILES string of the molecule is c1ccc(Cc2ccc(N(c3ccc(Cc4ccccc4)cc3)c3ccc(-c4c5ccccc5c(-c5ccc(N(c6ccc(Cc7ccccc7)cc6)c6ccc(Cc7ccccc7)cc6)cc5)c5c(-c6ccc(N(c7ccc(Cc8ccccc8)cc7)c7ccc(Cc8ccccc8)cc7)cc6)c6ccccc6c(-c6ccc(N(c7ccc(Cc8ccccc8)cc7)c7ccc(Cc8ccccc8)cc7)cc6)c45)cc3)cc2)cc1. The summed E-state index contributed by atoms with van der Waals surface area (Å²) in [5.41, 5.74) is 41.9. The Balaban J connectivity index is 0.729. The molecule has 0 aliphatic carbocycles. The van der Waals surface area contributed by atoms with E-state index < -0.39 is 0 Å². The van der Waals surface area contributed by atoms with Gasteiger partial charge in [-0.05, 0) is 363 Å². The molecule has 0 fully saturated rings. The number of hydrogen-bond acceptors (Lipinski definition) is 4. The van der Waals surface area contributed by atoms with Gasteiger partial charge in [0.25, 0.3) is 0 Å². The zero-order valence-corrected chi connectivity index (χ0v) is 83.9. The Bertz CT molecular complexity index is 7300. The van der Waals surface area contributed by atoms with Crippen molar-refractivity contribution in [3.63, 3.8) is 0 Å². The Morgan fingerprint density at radius 1 is 0.0933 bits per heavy atom. The Morgan fingerprint density at radius 2 is 0.193 bits per heavy atom. The topological polar surface area (TPSA) is 13.0 Å². The van der Waals surface area contributed by atoms with Crippen LogP contribution in [0.1, 0.15) is 89.0 Å². The lowest BCUT2D eigenvalue weighted by molar-refractivity contribution is 1.17. The molecule has 0 spiro atoms. The van der Waals surface area contributed by atoms with Crippen LogP contribution < -0.4 is 19.6 Å². The van der Waals surface area contributed by atoms with Crippen molar-refractivity contribution < 1.29 is 0 Å². The maximum Gasteiger partial charge on any atom is 0.0462 e. The first-order valence-electron chi connectivity index (χ1n) is 52.4. The third-order valence-corrected chi connectivity index (χ3v) is 29.4. The lowest BCUT2D eigenvalue weighted by Crippen LogP contribution is -2.10. The van der Waals surface area contributed by atoms with Gasteiger partial charge in [-0.1, -0.05) is 437 Å². The van der Waals surface area contributed by atoms with E-state index in [1.54, 1.807) is 0 Å². The van der Waals surface area contributed by atoms with Crippen LogP contribution in [0.2, 0.25) is 0 Å². The zero-order valence-electron chi connectivity index (χ0n) is 83.9. The molecule has 0 aliphatic heterocycles. The highest BCUT2D eigenvalue weighted by Gasteiger charge is 2.29. The van der Waals surface area contributed by atoms with Crippen molar-refractivity contribution in [1.29, 1.82) is 0 Å². The second-order valence-electron chi connectivity index (χ2n) is 39.5. The summed E-state index contributed by atoms with van der Waals surface area (Å²) >= 11 is 0. The fraction of sp³-hybridized carbons (Fsp3) is 0.0548. The molecule has 0 heterocycles. The van der Waals surface area contributed by atoms with Crippen molar-refractivity contribution in [2.45, 2.75) is 51.4 Å². The van der Waals surface area contributed by atoms with E-state index in [1.807, 2.05) is 0 Å². The average molecular weight is 1920 g/mol. The van der Waals surface area contributed by atoms with Gasteiger partial charge in [0.05, 0.1) is 0 Å². The minimum absolute atomic E-state index is 0.834.